The summed E-state index contributed by atoms with van der Waals surface area (Å²) in [6, 6.07) is 0. The third kappa shape index (κ3) is 19.6. The molecule has 0 atom stereocenters. The summed E-state index contributed by atoms with van der Waals surface area (Å²) < 4.78 is 33.2. The molecule has 0 aromatic heterocycles. The van der Waals surface area contributed by atoms with Crippen molar-refractivity contribution in [2.75, 3.05) is 6.61 Å². The van der Waals surface area contributed by atoms with Crippen molar-refractivity contribution in [2.45, 2.75) is 84.0 Å². The van der Waals surface area contributed by atoms with Gasteiger partial charge in [-0.15, -0.1) is 0 Å². The van der Waals surface area contributed by atoms with Gasteiger partial charge in [0, 0.05) is 0 Å². The first-order chi connectivity index (χ1) is 10.1. The lowest BCUT2D eigenvalue weighted by Crippen LogP contribution is -2.04. The van der Waals surface area contributed by atoms with Crippen molar-refractivity contribution in [1.82, 2.24) is 0 Å². The van der Waals surface area contributed by atoms with Gasteiger partial charge in [0.2, 0.25) is 0 Å². The van der Waals surface area contributed by atoms with Crippen LogP contribution in [0.15, 0.2) is 12.2 Å². The Kier molecular flexibility index (Phi) is 14.3. The Bertz CT molecular complexity index is 336. The number of hydrogen-bond acceptors (Lipinski definition) is 3. The van der Waals surface area contributed by atoms with Gasteiger partial charge in [-0.2, -0.15) is 8.42 Å². The standard InChI is InChI=1S/C16H32O4S/c1-2-3-4-5-6-7-8-9-10-11-12-13-14-15-16-20-21(17,18)19/h8-9H,2-7,10-16H2,1H3,(H,17,18,19)/b9-8+. The molecule has 0 fully saturated rings. The van der Waals surface area contributed by atoms with Gasteiger partial charge in [-0.1, -0.05) is 64.0 Å². The lowest BCUT2D eigenvalue weighted by molar-refractivity contribution is 0.261. The first-order valence-electron chi connectivity index (χ1n) is 8.33. The van der Waals surface area contributed by atoms with E-state index in [0.29, 0.717) is 6.42 Å². The summed E-state index contributed by atoms with van der Waals surface area (Å²) >= 11 is 0. The van der Waals surface area contributed by atoms with E-state index in [2.05, 4.69) is 23.3 Å². The molecule has 0 aromatic rings. The second-order valence-electron chi connectivity index (χ2n) is 5.48. The Morgan fingerprint density at radius 3 is 1.81 bits per heavy atom. The van der Waals surface area contributed by atoms with Crippen molar-refractivity contribution in [2.24, 2.45) is 0 Å². The predicted molar refractivity (Wildman–Crippen MR) is 87.7 cm³/mol. The maximum absolute atomic E-state index is 10.3. The van der Waals surface area contributed by atoms with Crippen LogP contribution in [-0.2, 0) is 14.6 Å². The molecular weight excluding hydrogens is 288 g/mol. The molecular formula is C16H32O4S. The van der Waals surface area contributed by atoms with Crippen molar-refractivity contribution in [3.63, 3.8) is 0 Å². The summed E-state index contributed by atoms with van der Waals surface area (Å²) in [6.07, 6.45) is 18.7. The van der Waals surface area contributed by atoms with Crippen LogP contribution in [0.3, 0.4) is 0 Å². The van der Waals surface area contributed by atoms with Crippen LogP contribution in [0.5, 0.6) is 0 Å². The van der Waals surface area contributed by atoms with Crippen LogP contribution in [0.1, 0.15) is 84.0 Å². The summed E-state index contributed by atoms with van der Waals surface area (Å²) in [5.41, 5.74) is 0. The Morgan fingerprint density at radius 2 is 1.29 bits per heavy atom. The summed E-state index contributed by atoms with van der Waals surface area (Å²) in [5.74, 6) is 0. The van der Waals surface area contributed by atoms with E-state index in [1.165, 1.54) is 44.9 Å². The highest BCUT2D eigenvalue weighted by atomic mass is 32.3. The summed E-state index contributed by atoms with van der Waals surface area (Å²) in [4.78, 5) is 0. The molecule has 0 heterocycles. The van der Waals surface area contributed by atoms with Gasteiger partial charge in [0.05, 0.1) is 6.61 Å². The molecule has 21 heavy (non-hydrogen) atoms. The molecule has 0 aliphatic rings. The van der Waals surface area contributed by atoms with Gasteiger partial charge in [-0.05, 0) is 32.1 Å². The van der Waals surface area contributed by atoms with Crippen molar-refractivity contribution in [3.8, 4) is 0 Å². The first-order valence-corrected chi connectivity index (χ1v) is 9.69. The van der Waals surface area contributed by atoms with Crippen molar-refractivity contribution >= 4 is 10.4 Å². The minimum Gasteiger partial charge on any atom is -0.264 e. The van der Waals surface area contributed by atoms with Crippen LogP contribution in [0.4, 0.5) is 0 Å². The molecule has 0 aliphatic heterocycles. The van der Waals surface area contributed by atoms with Gasteiger partial charge in [-0.25, -0.2) is 4.18 Å². The quantitative estimate of drug-likeness (QED) is 0.260. The van der Waals surface area contributed by atoms with Gasteiger partial charge < -0.3 is 0 Å². The fraction of sp³-hybridized carbons (Fsp3) is 0.875. The zero-order valence-corrected chi connectivity index (χ0v) is 14.2. The third-order valence-electron chi connectivity index (χ3n) is 3.39. The van der Waals surface area contributed by atoms with Gasteiger partial charge in [0.25, 0.3) is 0 Å². The fourth-order valence-corrected chi connectivity index (χ4v) is 2.49. The molecule has 0 spiro atoms. The largest absolute Gasteiger partial charge is 0.397 e. The summed E-state index contributed by atoms with van der Waals surface area (Å²) in [7, 11) is -4.25. The lowest BCUT2D eigenvalue weighted by atomic mass is 10.1. The summed E-state index contributed by atoms with van der Waals surface area (Å²) in [6.45, 7) is 2.32. The monoisotopic (exact) mass is 320 g/mol. The highest BCUT2D eigenvalue weighted by Gasteiger charge is 2.02. The van der Waals surface area contributed by atoms with Crippen LogP contribution in [-0.4, -0.2) is 19.6 Å². The Hall–Kier alpha value is -0.390. The highest BCUT2D eigenvalue weighted by Crippen LogP contribution is 2.08. The zero-order chi connectivity index (χ0) is 15.8. The third-order valence-corrected chi connectivity index (χ3v) is 3.85. The Labute approximate surface area is 130 Å². The van der Waals surface area contributed by atoms with E-state index in [1.54, 1.807) is 0 Å². The fourth-order valence-electron chi connectivity index (χ4n) is 2.16. The molecule has 0 saturated carbocycles. The average molecular weight is 320 g/mol. The normalized spacial score (nSPS) is 12.3. The molecule has 0 aromatic carbocycles. The lowest BCUT2D eigenvalue weighted by Gasteiger charge is -2.00. The van der Waals surface area contributed by atoms with E-state index in [1.807, 2.05) is 0 Å². The van der Waals surface area contributed by atoms with E-state index in [0.717, 1.165) is 25.7 Å². The van der Waals surface area contributed by atoms with Crippen LogP contribution < -0.4 is 0 Å². The van der Waals surface area contributed by atoms with E-state index in [-0.39, 0.29) is 6.61 Å². The van der Waals surface area contributed by atoms with E-state index in [9.17, 15) is 8.42 Å². The number of allylic oxidation sites excluding steroid dienone is 2. The van der Waals surface area contributed by atoms with Crippen LogP contribution >= 0.6 is 0 Å². The van der Waals surface area contributed by atoms with Crippen LogP contribution in [0.2, 0.25) is 0 Å². The molecule has 0 rings (SSSR count). The van der Waals surface area contributed by atoms with E-state index >= 15 is 0 Å². The van der Waals surface area contributed by atoms with Crippen molar-refractivity contribution in [3.05, 3.63) is 12.2 Å². The molecule has 5 heteroatoms. The molecule has 126 valence electrons. The maximum atomic E-state index is 10.3. The molecule has 1 N–H and O–H groups in total. The Morgan fingerprint density at radius 1 is 0.810 bits per heavy atom. The average Bonchev–Trinajstić information content (AvgIpc) is 2.42. The zero-order valence-electron chi connectivity index (χ0n) is 13.4. The minimum absolute atomic E-state index is 0.0801. The van der Waals surface area contributed by atoms with Crippen LogP contribution in [0.25, 0.3) is 0 Å². The van der Waals surface area contributed by atoms with Gasteiger partial charge in [0.1, 0.15) is 0 Å². The second-order valence-corrected chi connectivity index (χ2v) is 6.57. The molecule has 0 aliphatic carbocycles. The van der Waals surface area contributed by atoms with Gasteiger partial charge in [0.15, 0.2) is 0 Å². The SMILES string of the molecule is CCCCCCC/C=C/CCCCCCCOS(=O)(=O)O. The highest BCUT2D eigenvalue weighted by molar-refractivity contribution is 7.80. The van der Waals surface area contributed by atoms with Crippen molar-refractivity contribution in [1.29, 1.82) is 0 Å². The topological polar surface area (TPSA) is 63.6 Å². The smallest absolute Gasteiger partial charge is 0.264 e. The molecule has 0 saturated heterocycles. The van der Waals surface area contributed by atoms with E-state index < -0.39 is 10.4 Å². The molecule has 0 bridgehead atoms. The number of hydrogen-bond donors (Lipinski definition) is 1. The molecule has 0 amide bonds. The second kappa shape index (κ2) is 14.5. The van der Waals surface area contributed by atoms with Crippen molar-refractivity contribution < 1.29 is 17.2 Å². The first kappa shape index (κ1) is 20.6. The summed E-state index contributed by atoms with van der Waals surface area (Å²) in [5, 5.41) is 0. The maximum Gasteiger partial charge on any atom is 0.397 e. The van der Waals surface area contributed by atoms with E-state index in [4.69, 9.17) is 4.55 Å². The molecule has 0 unspecified atom stereocenters. The van der Waals surface area contributed by atoms with Crippen LogP contribution in [0, 0.1) is 0 Å². The van der Waals surface area contributed by atoms with Gasteiger partial charge >= 0.3 is 10.4 Å². The number of rotatable bonds is 15. The van der Waals surface area contributed by atoms with Gasteiger partial charge in [-0.3, -0.25) is 4.55 Å². The molecule has 4 nitrogen and oxygen atoms in total. The number of unbranched alkanes of at least 4 members (excludes halogenated alkanes) is 10. The Balaban J connectivity index is 3.14. The minimum atomic E-state index is -4.25. The predicted octanol–water partition coefficient (Wildman–Crippen LogP) is 5.06. The molecule has 0 radical (unpaired) electrons.